The third-order valence-electron chi connectivity index (χ3n) is 6.65. The predicted octanol–water partition coefficient (Wildman–Crippen LogP) is 5.54. The van der Waals surface area contributed by atoms with E-state index in [-0.39, 0.29) is 29.1 Å². The molecule has 2 heterocycles. The molecule has 2 atom stereocenters. The van der Waals surface area contributed by atoms with Gasteiger partial charge in [-0.1, -0.05) is 20.8 Å². The van der Waals surface area contributed by atoms with E-state index in [1.165, 1.54) is 0 Å². The van der Waals surface area contributed by atoms with E-state index in [0.717, 1.165) is 32.1 Å². The predicted molar refractivity (Wildman–Crippen MR) is 115 cm³/mol. The fraction of sp³-hybridized carbons (Fsp3) is 0.909. The molecule has 2 aliphatic rings. The number of ketones is 1. The van der Waals surface area contributed by atoms with Gasteiger partial charge in [0.1, 0.15) is 11.4 Å². The zero-order valence-electron chi connectivity index (χ0n) is 19.3. The highest BCUT2D eigenvalue weighted by atomic mass is 28.4. The lowest BCUT2D eigenvalue weighted by atomic mass is 9.76. The smallest absolute Gasteiger partial charge is 0.410 e. The van der Waals surface area contributed by atoms with Crippen molar-refractivity contribution in [3.8, 4) is 0 Å². The highest BCUT2D eigenvalue weighted by Gasteiger charge is 2.44. The van der Waals surface area contributed by atoms with Crippen LogP contribution in [0.25, 0.3) is 0 Å². The normalized spacial score (nSPS) is 26.1. The Morgan fingerprint density at radius 2 is 1.54 bits per heavy atom. The van der Waals surface area contributed by atoms with Crippen LogP contribution in [0, 0.1) is 5.92 Å². The van der Waals surface area contributed by atoms with Crippen LogP contribution in [0.5, 0.6) is 0 Å². The SMILES string of the molecule is CC(C)(C)OC(=O)N1C2CCCC1CC(C(=O)CCO[Si](C)(C)C(C)(C)C)C2. The van der Waals surface area contributed by atoms with Gasteiger partial charge in [-0.3, -0.25) is 4.79 Å². The maximum Gasteiger partial charge on any atom is 0.410 e. The van der Waals surface area contributed by atoms with Gasteiger partial charge in [-0.2, -0.15) is 0 Å². The van der Waals surface area contributed by atoms with Crippen LogP contribution in [0.4, 0.5) is 4.79 Å². The summed E-state index contributed by atoms with van der Waals surface area (Å²) in [5.74, 6) is 0.358. The fourth-order valence-corrected chi connectivity index (χ4v) is 5.13. The molecular weight excluding hydrogens is 370 g/mol. The highest BCUT2D eigenvalue weighted by molar-refractivity contribution is 6.74. The van der Waals surface area contributed by atoms with E-state index < -0.39 is 13.9 Å². The van der Waals surface area contributed by atoms with Crippen LogP contribution in [0.15, 0.2) is 0 Å². The number of nitrogens with zero attached hydrogens (tertiary/aromatic N) is 1. The molecule has 0 spiro atoms. The molecule has 0 aromatic heterocycles. The van der Waals surface area contributed by atoms with Gasteiger partial charge in [0, 0.05) is 31.0 Å². The Bertz CT molecular complexity index is 562. The van der Waals surface area contributed by atoms with E-state index in [4.69, 9.17) is 9.16 Å². The van der Waals surface area contributed by atoms with Gasteiger partial charge in [0.05, 0.1) is 0 Å². The van der Waals surface area contributed by atoms with Gasteiger partial charge < -0.3 is 14.1 Å². The minimum absolute atomic E-state index is 0.0528. The third-order valence-corrected chi connectivity index (χ3v) is 11.2. The van der Waals surface area contributed by atoms with Crippen molar-refractivity contribution in [1.29, 1.82) is 0 Å². The van der Waals surface area contributed by atoms with Gasteiger partial charge in [0.2, 0.25) is 0 Å². The Labute approximate surface area is 172 Å². The van der Waals surface area contributed by atoms with Gasteiger partial charge in [-0.05, 0) is 71.0 Å². The maximum atomic E-state index is 12.9. The Balaban J connectivity index is 1.92. The van der Waals surface area contributed by atoms with E-state index in [9.17, 15) is 9.59 Å². The Hall–Kier alpha value is -0.883. The molecule has 2 fully saturated rings. The molecule has 0 aliphatic carbocycles. The molecule has 2 rings (SSSR count). The topological polar surface area (TPSA) is 55.8 Å². The molecule has 2 aliphatic heterocycles. The van der Waals surface area contributed by atoms with Crippen molar-refractivity contribution in [2.75, 3.05) is 6.61 Å². The van der Waals surface area contributed by atoms with Crippen molar-refractivity contribution < 1.29 is 18.8 Å². The van der Waals surface area contributed by atoms with Gasteiger partial charge in [-0.15, -0.1) is 0 Å². The average Bonchev–Trinajstić information content (AvgIpc) is 2.50. The molecule has 162 valence electrons. The van der Waals surface area contributed by atoms with Gasteiger partial charge >= 0.3 is 6.09 Å². The third kappa shape index (κ3) is 5.82. The largest absolute Gasteiger partial charge is 0.444 e. The number of piperidine rings is 2. The second-order valence-electron chi connectivity index (χ2n) is 11.1. The van der Waals surface area contributed by atoms with Gasteiger partial charge in [0.15, 0.2) is 8.32 Å². The van der Waals surface area contributed by atoms with E-state index in [1.807, 2.05) is 25.7 Å². The second-order valence-corrected chi connectivity index (χ2v) is 15.9. The van der Waals surface area contributed by atoms with Crippen LogP contribution in [0.1, 0.15) is 80.1 Å². The molecular formula is C22H41NO4Si. The summed E-state index contributed by atoms with van der Waals surface area (Å²) in [6.07, 6.45) is 4.89. The van der Waals surface area contributed by atoms with Crippen LogP contribution < -0.4 is 0 Å². The summed E-state index contributed by atoms with van der Waals surface area (Å²) in [6, 6.07) is 0.273. The number of Topliss-reactive ketones (excluding diaryl/α,β-unsaturated/α-hetero) is 1. The van der Waals surface area contributed by atoms with Crippen molar-refractivity contribution in [3.05, 3.63) is 0 Å². The minimum atomic E-state index is -1.81. The number of carbonyl (C=O) groups excluding carboxylic acids is 2. The first kappa shape index (κ1) is 23.4. The Morgan fingerprint density at radius 1 is 1.00 bits per heavy atom. The minimum Gasteiger partial charge on any atom is -0.444 e. The molecule has 0 N–H and O–H groups in total. The summed E-state index contributed by atoms with van der Waals surface area (Å²) >= 11 is 0. The van der Waals surface area contributed by atoms with E-state index >= 15 is 0 Å². The lowest BCUT2D eigenvalue weighted by molar-refractivity contribution is -0.127. The number of fused-ring (bicyclic) bond motifs is 2. The highest BCUT2D eigenvalue weighted by Crippen LogP contribution is 2.39. The number of amides is 1. The summed E-state index contributed by atoms with van der Waals surface area (Å²) in [4.78, 5) is 27.5. The molecule has 2 unspecified atom stereocenters. The number of ether oxygens (including phenoxy) is 1. The molecule has 0 aromatic rings. The van der Waals surface area contributed by atoms with Crippen molar-refractivity contribution in [1.82, 2.24) is 4.90 Å². The number of hydrogen-bond donors (Lipinski definition) is 0. The van der Waals surface area contributed by atoms with Crippen molar-refractivity contribution >= 4 is 20.2 Å². The Morgan fingerprint density at radius 3 is 2.00 bits per heavy atom. The van der Waals surface area contributed by atoms with Crippen LogP contribution in [0.3, 0.4) is 0 Å². The summed E-state index contributed by atoms with van der Waals surface area (Å²) in [6.45, 7) is 17.3. The molecule has 0 aromatic carbocycles. The standard InChI is InChI=1S/C22H41NO4Si/c1-21(2,3)27-20(25)23-17-10-9-11-18(23)15-16(14-17)19(24)12-13-26-28(7,8)22(4,5)6/h16-18H,9-15H2,1-8H3. The number of carbonyl (C=O) groups is 2. The first-order valence-corrected chi connectivity index (χ1v) is 13.8. The first-order chi connectivity index (χ1) is 12.7. The zero-order valence-corrected chi connectivity index (χ0v) is 20.3. The Kier molecular flexibility index (Phi) is 7.07. The van der Waals surface area contributed by atoms with Gasteiger partial charge in [-0.25, -0.2) is 4.79 Å². The number of hydrogen-bond acceptors (Lipinski definition) is 4. The molecule has 0 radical (unpaired) electrons. The van der Waals surface area contributed by atoms with Crippen LogP contribution in [-0.2, 0) is 14.0 Å². The van der Waals surface area contributed by atoms with Crippen molar-refractivity contribution in [2.24, 2.45) is 5.92 Å². The lowest BCUT2D eigenvalue weighted by Crippen LogP contribution is -2.56. The molecule has 2 bridgehead atoms. The van der Waals surface area contributed by atoms with E-state index in [1.54, 1.807) is 0 Å². The number of rotatable bonds is 5. The molecule has 28 heavy (non-hydrogen) atoms. The van der Waals surface area contributed by atoms with E-state index in [2.05, 4.69) is 33.9 Å². The molecule has 0 saturated carbocycles. The van der Waals surface area contributed by atoms with Crippen LogP contribution in [0.2, 0.25) is 18.1 Å². The summed E-state index contributed by atoms with van der Waals surface area (Å²) in [5, 5.41) is 0.159. The van der Waals surface area contributed by atoms with Crippen LogP contribution in [-0.4, -0.2) is 49.4 Å². The summed E-state index contributed by atoms with van der Waals surface area (Å²) in [7, 11) is -1.81. The average molecular weight is 412 g/mol. The maximum absolute atomic E-state index is 12.9. The molecule has 2 saturated heterocycles. The molecule has 6 heteroatoms. The van der Waals surface area contributed by atoms with E-state index in [0.29, 0.717) is 18.8 Å². The second kappa shape index (κ2) is 8.47. The summed E-state index contributed by atoms with van der Waals surface area (Å²) in [5.41, 5.74) is -0.487. The van der Waals surface area contributed by atoms with Crippen molar-refractivity contribution in [2.45, 2.75) is 116 Å². The monoisotopic (exact) mass is 411 g/mol. The molecule has 1 amide bonds. The quantitative estimate of drug-likeness (QED) is 0.558. The van der Waals surface area contributed by atoms with Crippen LogP contribution >= 0.6 is 0 Å². The van der Waals surface area contributed by atoms with Gasteiger partial charge in [0.25, 0.3) is 0 Å². The lowest BCUT2D eigenvalue weighted by Gasteiger charge is -2.48. The van der Waals surface area contributed by atoms with Crippen molar-refractivity contribution in [3.63, 3.8) is 0 Å². The molecule has 5 nitrogen and oxygen atoms in total. The zero-order chi connectivity index (χ0) is 21.3. The fourth-order valence-electron chi connectivity index (χ4n) is 4.08. The summed E-state index contributed by atoms with van der Waals surface area (Å²) < 4.78 is 11.8. The first-order valence-electron chi connectivity index (χ1n) is 10.9.